The number of rotatable bonds is 2. The lowest BCUT2D eigenvalue weighted by Gasteiger charge is -2.20. The van der Waals surface area contributed by atoms with Crippen LogP contribution in [0.4, 0.5) is 0 Å². The van der Waals surface area contributed by atoms with Gasteiger partial charge in [0.25, 0.3) is 0 Å². The highest BCUT2D eigenvalue weighted by Gasteiger charge is 2.20. The minimum Gasteiger partial charge on any atom is -0.384 e. The molecule has 0 spiro atoms. The van der Waals surface area contributed by atoms with Crippen molar-refractivity contribution in [1.82, 2.24) is 4.98 Å². The number of nitrogens with zero attached hydrogens (tertiary/aromatic N) is 1. The van der Waals surface area contributed by atoms with Gasteiger partial charge in [0, 0.05) is 24.5 Å². The zero-order chi connectivity index (χ0) is 8.32. The van der Waals surface area contributed by atoms with Crippen molar-refractivity contribution in [1.29, 1.82) is 0 Å². The molecular formula is C8H12N2O. The molecule has 0 fully saturated rings. The Bertz CT molecular complexity index is 221. The molecule has 0 aliphatic heterocycles. The van der Waals surface area contributed by atoms with E-state index in [4.69, 9.17) is 5.73 Å². The van der Waals surface area contributed by atoms with Gasteiger partial charge in [-0.25, -0.2) is 0 Å². The summed E-state index contributed by atoms with van der Waals surface area (Å²) in [6.45, 7) is 1.88. The molecule has 0 saturated heterocycles. The molecule has 3 heteroatoms. The van der Waals surface area contributed by atoms with Crippen LogP contribution in [0.2, 0.25) is 0 Å². The number of aromatic nitrogens is 1. The van der Waals surface area contributed by atoms with E-state index in [0.717, 1.165) is 5.56 Å². The Morgan fingerprint density at radius 2 is 2.45 bits per heavy atom. The average Bonchev–Trinajstić information content (AvgIpc) is 2.06. The quantitative estimate of drug-likeness (QED) is 0.638. The van der Waals surface area contributed by atoms with Gasteiger partial charge in [0.2, 0.25) is 0 Å². The third-order valence-corrected chi connectivity index (χ3v) is 1.68. The highest BCUT2D eigenvalue weighted by molar-refractivity contribution is 5.16. The fourth-order valence-electron chi connectivity index (χ4n) is 0.799. The SMILES string of the molecule is C[C@@](O)(CN)c1cccnc1. The first-order valence-electron chi connectivity index (χ1n) is 3.50. The number of hydrogen-bond donors (Lipinski definition) is 2. The van der Waals surface area contributed by atoms with Crippen LogP contribution < -0.4 is 5.73 Å². The Morgan fingerprint density at radius 1 is 1.73 bits per heavy atom. The van der Waals surface area contributed by atoms with Gasteiger partial charge in [0.15, 0.2) is 0 Å². The molecule has 0 bridgehead atoms. The van der Waals surface area contributed by atoms with E-state index in [1.54, 1.807) is 31.5 Å². The molecule has 1 aromatic heterocycles. The van der Waals surface area contributed by atoms with Gasteiger partial charge in [-0.2, -0.15) is 0 Å². The van der Waals surface area contributed by atoms with Crippen molar-refractivity contribution in [2.75, 3.05) is 6.54 Å². The van der Waals surface area contributed by atoms with Gasteiger partial charge in [0.1, 0.15) is 5.60 Å². The van der Waals surface area contributed by atoms with Crippen molar-refractivity contribution in [2.24, 2.45) is 5.73 Å². The van der Waals surface area contributed by atoms with E-state index in [0.29, 0.717) is 0 Å². The van der Waals surface area contributed by atoms with Gasteiger partial charge in [-0.05, 0) is 13.0 Å². The Hall–Kier alpha value is -0.930. The molecule has 60 valence electrons. The Kier molecular flexibility index (Phi) is 2.22. The molecule has 0 unspecified atom stereocenters. The normalized spacial score (nSPS) is 15.9. The predicted molar refractivity (Wildman–Crippen MR) is 42.9 cm³/mol. The molecule has 1 heterocycles. The number of hydrogen-bond acceptors (Lipinski definition) is 3. The van der Waals surface area contributed by atoms with Gasteiger partial charge >= 0.3 is 0 Å². The monoisotopic (exact) mass is 152 g/mol. The van der Waals surface area contributed by atoms with Gasteiger partial charge in [-0.15, -0.1) is 0 Å². The molecule has 1 atom stereocenters. The van der Waals surface area contributed by atoms with Crippen molar-refractivity contribution in [3.8, 4) is 0 Å². The summed E-state index contributed by atoms with van der Waals surface area (Å²) in [5.74, 6) is 0. The van der Waals surface area contributed by atoms with Crippen LogP contribution in [0.5, 0.6) is 0 Å². The second-order valence-electron chi connectivity index (χ2n) is 2.72. The number of aliphatic hydroxyl groups is 1. The molecule has 0 radical (unpaired) electrons. The third-order valence-electron chi connectivity index (χ3n) is 1.68. The zero-order valence-electron chi connectivity index (χ0n) is 6.49. The summed E-state index contributed by atoms with van der Waals surface area (Å²) in [7, 11) is 0. The van der Waals surface area contributed by atoms with Gasteiger partial charge in [0.05, 0.1) is 0 Å². The van der Waals surface area contributed by atoms with Gasteiger partial charge < -0.3 is 10.8 Å². The molecule has 11 heavy (non-hydrogen) atoms. The standard InChI is InChI=1S/C8H12N2O/c1-8(11,6-9)7-3-2-4-10-5-7/h2-5,11H,6,9H2,1H3/t8-/m1/s1. The summed E-state index contributed by atoms with van der Waals surface area (Å²) in [6, 6.07) is 3.58. The van der Waals surface area contributed by atoms with E-state index in [2.05, 4.69) is 4.98 Å². The lowest BCUT2D eigenvalue weighted by Crippen LogP contribution is -2.31. The smallest absolute Gasteiger partial charge is 0.100 e. The van der Waals surface area contributed by atoms with Crippen LogP contribution in [0.3, 0.4) is 0 Å². The van der Waals surface area contributed by atoms with E-state index >= 15 is 0 Å². The van der Waals surface area contributed by atoms with E-state index < -0.39 is 5.60 Å². The van der Waals surface area contributed by atoms with E-state index in [1.807, 2.05) is 0 Å². The highest BCUT2D eigenvalue weighted by Crippen LogP contribution is 2.16. The maximum absolute atomic E-state index is 9.63. The van der Waals surface area contributed by atoms with Crippen LogP contribution in [-0.4, -0.2) is 16.6 Å². The largest absolute Gasteiger partial charge is 0.384 e. The summed E-state index contributed by atoms with van der Waals surface area (Å²) in [4.78, 5) is 3.88. The van der Waals surface area contributed by atoms with Gasteiger partial charge in [-0.3, -0.25) is 4.98 Å². The summed E-state index contributed by atoms with van der Waals surface area (Å²) < 4.78 is 0. The van der Waals surface area contributed by atoms with Crippen molar-refractivity contribution in [2.45, 2.75) is 12.5 Å². The highest BCUT2D eigenvalue weighted by atomic mass is 16.3. The number of nitrogens with two attached hydrogens (primary N) is 1. The average molecular weight is 152 g/mol. The summed E-state index contributed by atoms with van der Waals surface area (Å²) in [5, 5.41) is 9.63. The maximum Gasteiger partial charge on any atom is 0.100 e. The van der Waals surface area contributed by atoms with E-state index in [-0.39, 0.29) is 6.54 Å². The lowest BCUT2D eigenvalue weighted by molar-refractivity contribution is 0.0665. The van der Waals surface area contributed by atoms with Crippen LogP contribution in [0, 0.1) is 0 Å². The van der Waals surface area contributed by atoms with Crippen LogP contribution in [0.25, 0.3) is 0 Å². The Labute approximate surface area is 65.9 Å². The molecule has 0 saturated carbocycles. The minimum atomic E-state index is -0.950. The third kappa shape index (κ3) is 1.76. The summed E-state index contributed by atoms with van der Waals surface area (Å²) >= 11 is 0. The van der Waals surface area contributed by atoms with E-state index in [9.17, 15) is 5.11 Å². The summed E-state index contributed by atoms with van der Waals surface area (Å²) in [6.07, 6.45) is 3.28. The van der Waals surface area contributed by atoms with Crippen molar-refractivity contribution in [3.63, 3.8) is 0 Å². The molecular weight excluding hydrogens is 140 g/mol. The molecule has 0 aliphatic rings. The topological polar surface area (TPSA) is 59.1 Å². The molecule has 1 aromatic rings. The molecule has 3 N–H and O–H groups in total. The van der Waals surface area contributed by atoms with Crippen molar-refractivity contribution >= 4 is 0 Å². The fourth-order valence-corrected chi connectivity index (χ4v) is 0.799. The molecule has 0 amide bonds. The Morgan fingerprint density at radius 3 is 2.91 bits per heavy atom. The second-order valence-corrected chi connectivity index (χ2v) is 2.72. The van der Waals surface area contributed by atoms with Crippen molar-refractivity contribution in [3.05, 3.63) is 30.1 Å². The van der Waals surface area contributed by atoms with Gasteiger partial charge in [-0.1, -0.05) is 6.07 Å². The first-order valence-corrected chi connectivity index (χ1v) is 3.50. The minimum absolute atomic E-state index is 0.207. The van der Waals surface area contributed by atoms with Crippen LogP contribution in [-0.2, 0) is 5.60 Å². The lowest BCUT2D eigenvalue weighted by atomic mass is 9.98. The fraction of sp³-hybridized carbons (Fsp3) is 0.375. The molecule has 0 aliphatic carbocycles. The first-order chi connectivity index (χ1) is 5.17. The molecule has 0 aromatic carbocycles. The molecule has 1 rings (SSSR count). The van der Waals surface area contributed by atoms with Crippen LogP contribution in [0.1, 0.15) is 12.5 Å². The number of pyridine rings is 1. The first kappa shape index (κ1) is 8.17. The van der Waals surface area contributed by atoms with E-state index in [1.165, 1.54) is 0 Å². The van der Waals surface area contributed by atoms with Crippen LogP contribution >= 0.6 is 0 Å². The predicted octanol–water partition coefficient (Wildman–Crippen LogP) is 0.248. The maximum atomic E-state index is 9.63. The molecule has 3 nitrogen and oxygen atoms in total. The second kappa shape index (κ2) is 2.98. The zero-order valence-corrected chi connectivity index (χ0v) is 6.49. The van der Waals surface area contributed by atoms with Crippen LogP contribution in [0.15, 0.2) is 24.5 Å². The summed E-state index contributed by atoms with van der Waals surface area (Å²) in [5.41, 5.74) is 5.16. The Balaban J connectivity index is 2.93. The van der Waals surface area contributed by atoms with Crippen molar-refractivity contribution < 1.29 is 5.11 Å².